The summed E-state index contributed by atoms with van der Waals surface area (Å²) in [6.07, 6.45) is 8.02. The van der Waals surface area contributed by atoms with Crippen LogP contribution in [0.5, 0.6) is 0 Å². The number of nitrogens with one attached hydrogen (secondary N) is 1. The maximum atomic E-state index is 12.7. The number of hydrogen-bond donors (Lipinski definition) is 1. The van der Waals surface area contributed by atoms with Crippen LogP contribution in [0.15, 0.2) is 30.6 Å². The van der Waals surface area contributed by atoms with Crippen LogP contribution in [0, 0.1) is 0 Å². The van der Waals surface area contributed by atoms with E-state index in [9.17, 15) is 4.79 Å². The van der Waals surface area contributed by atoms with Crippen molar-refractivity contribution in [2.24, 2.45) is 7.05 Å². The van der Waals surface area contributed by atoms with Crippen LogP contribution in [0.2, 0.25) is 0 Å². The molecule has 0 aromatic carbocycles. The predicted molar refractivity (Wildman–Crippen MR) is 86.2 cm³/mol. The minimum absolute atomic E-state index is 0.242. The van der Waals surface area contributed by atoms with Gasteiger partial charge >= 0.3 is 0 Å². The molecule has 0 unspecified atom stereocenters. The van der Waals surface area contributed by atoms with Gasteiger partial charge in [-0.15, -0.1) is 0 Å². The Balaban J connectivity index is 1.75. The summed E-state index contributed by atoms with van der Waals surface area (Å²) in [5, 5.41) is 7.01. The van der Waals surface area contributed by atoms with E-state index >= 15 is 0 Å². The Morgan fingerprint density at radius 3 is 2.87 bits per heavy atom. The summed E-state index contributed by atoms with van der Waals surface area (Å²) in [5.41, 5.74) is 1.54. The summed E-state index contributed by atoms with van der Waals surface area (Å²) >= 11 is 0. The molecule has 0 spiro atoms. The normalized spacial score (nSPS) is 15.3. The lowest BCUT2D eigenvalue weighted by atomic mass is 10.2. The third-order valence-corrected chi connectivity index (χ3v) is 4.30. The highest BCUT2D eigenvalue weighted by Crippen LogP contribution is 2.33. The van der Waals surface area contributed by atoms with Gasteiger partial charge in [0.25, 0.3) is 5.91 Å². The Morgan fingerprint density at radius 1 is 1.30 bits per heavy atom. The molecule has 1 N–H and O–H groups in total. The Hall–Kier alpha value is -2.70. The van der Waals surface area contributed by atoms with E-state index < -0.39 is 0 Å². The molecular weight excluding hydrogens is 292 g/mol. The van der Waals surface area contributed by atoms with E-state index in [2.05, 4.69) is 20.4 Å². The molecule has 7 heteroatoms. The summed E-state index contributed by atoms with van der Waals surface area (Å²) in [5.74, 6) is 0.695. The molecule has 0 aliphatic heterocycles. The number of fused-ring (bicyclic) bond motifs is 1. The monoisotopic (exact) mass is 310 g/mol. The Morgan fingerprint density at radius 2 is 2.13 bits per heavy atom. The highest BCUT2D eigenvalue weighted by molar-refractivity contribution is 6.03. The van der Waals surface area contributed by atoms with E-state index in [1.807, 2.05) is 23.7 Å². The van der Waals surface area contributed by atoms with Crippen molar-refractivity contribution in [1.29, 1.82) is 0 Å². The molecule has 23 heavy (non-hydrogen) atoms. The third kappa shape index (κ3) is 2.48. The van der Waals surface area contributed by atoms with Gasteiger partial charge in [0.05, 0.1) is 0 Å². The fourth-order valence-corrected chi connectivity index (χ4v) is 3.25. The average Bonchev–Trinajstić information content (AvgIpc) is 3.25. The van der Waals surface area contributed by atoms with Gasteiger partial charge < -0.3 is 9.88 Å². The van der Waals surface area contributed by atoms with E-state index in [1.54, 1.807) is 23.1 Å². The Kier molecular flexibility index (Phi) is 3.33. The van der Waals surface area contributed by atoms with Crippen LogP contribution in [0.4, 0.5) is 5.82 Å². The first-order valence-electron chi connectivity index (χ1n) is 7.86. The van der Waals surface area contributed by atoms with Crippen LogP contribution in [-0.4, -0.2) is 30.2 Å². The van der Waals surface area contributed by atoms with Crippen molar-refractivity contribution in [3.63, 3.8) is 0 Å². The van der Waals surface area contributed by atoms with E-state index in [1.165, 1.54) is 12.8 Å². The summed E-state index contributed by atoms with van der Waals surface area (Å²) < 4.78 is 3.65. The first kappa shape index (κ1) is 13.9. The van der Waals surface area contributed by atoms with Crippen molar-refractivity contribution in [1.82, 2.24) is 24.3 Å². The second-order valence-electron chi connectivity index (χ2n) is 5.92. The van der Waals surface area contributed by atoms with E-state index in [0.717, 1.165) is 24.0 Å². The minimum Gasteiger partial charge on any atom is -0.302 e. The third-order valence-electron chi connectivity index (χ3n) is 4.30. The number of aromatic nitrogens is 5. The van der Waals surface area contributed by atoms with Crippen molar-refractivity contribution in [3.05, 3.63) is 36.4 Å². The van der Waals surface area contributed by atoms with Crippen molar-refractivity contribution in [2.45, 2.75) is 31.7 Å². The number of carbonyl (C=O) groups is 1. The molecule has 0 radical (unpaired) electrons. The number of rotatable bonds is 3. The van der Waals surface area contributed by atoms with Gasteiger partial charge in [0.2, 0.25) is 5.82 Å². The molecule has 3 aromatic heterocycles. The van der Waals surface area contributed by atoms with Gasteiger partial charge in [-0.05, 0) is 25.0 Å². The van der Waals surface area contributed by atoms with Gasteiger partial charge in [-0.3, -0.25) is 9.48 Å². The van der Waals surface area contributed by atoms with Gasteiger partial charge in [-0.2, -0.15) is 5.10 Å². The lowest BCUT2D eigenvalue weighted by molar-refractivity contribution is 0.101. The van der Waals surface area contributed by atoms with Crippen molar-refractivity contribution < 1.29 is 4.79 Å². The zero-order chi connectivity index (χ0) is 15.8. The maximum Gasteiger partial charge on any atom is 0.292 e. The molecule has 0 bridgehead atoms. The molecule has 4 rings (SSSR count). The molecule has 1 aliphatic carbocycles. The fourth-order valence-electron chi connectivity index (χ4n) is 3.25. The van der Waals surface area contributed by atoms with E-state index in [0.29, 0.717) is 17.7 Å². The van der Waals surface area contributed by atoms with Crippen LogP contribution >= 0.6 is 0 Å². The Labute approximate surface area is 133 Å². The van der Waals surface area contributed by atoms with Gasteiger partial charge in [-0.25, -0.2) is 9.97 Å². The summed E-state index contributed by atoms with van der Waals surface area (Å²) in [7, 11) is 1.81. The Bertz CT molecular complexity index is 858. The molecule has 1 amide bonds. The number of aryl methyl sites for hydroxylation is 1. The summed E-state index contributed by atoms with van der Waals surface area (Å²) in [4.78, 5) is 21.7. The molecule has 0 atom stereocenters. The van der Waals surface area contributed by atoms with Crippen LogP contribution < -0.4 is 5.32 Å². The molecule has 0 saturated heterocycles. The van der Waals surface area contributed by atoms with Gasteiger partial charge in [0.15, 0.2) is 11.5 Å². The number of carbonyl (C=O) groups excluding carboxylic acids is 1. The molecule has 3 aromatic rings. The summed E-state index contributed by atoms with van der Waals surface area (Å²) in [6, 6.07) is 5.79. The topological polar surface area (TPSA) is 77.6 Å². The van der Waals surface area contributed by atoms with E-state index in [4.69, 9.17) is 0 Å². The van der Waals surface area contributed by atoms with Gasteiger partial charge in [0, 0.05) is 31.5 Å². The standard InChI is InChI=1S/C16H18N6O/c1-21-10-8-13(20-21)19-16(23)15-18-12-7-4-9-17-14(12)22(15)11-5-2-3-6-11/h4,7-11H,2-3,5-6H2,1H3,(H,19,20,23). The van der Waals surface area contributed by atoms with Gasteiger partial charge in [-0.1, -0.05) is 12.8 Å². The molecule has 7 nitrogen and oxygen atoms in total. The number of amides is 1. The number of nitrogens with zero attached hydrogens (tertiary/aromatic N) is 5. The predicted octanol–water partition coefficient (Wildman–Crippen LogP) is 2.53. The van der Waals surface area contributed by atoms with Crippen molar-refractivity contribution in [3.8, 4) is 0 Å². The molecule has 3 heterocycles. The fraction of sp³-hybridized carbons (Fsp3) is 0.375. The maximum absolute atomic E-state index is 12.7. The largest absolute Gasteiger partial charge is 0.302 e. The van der Waals surface area contributed by atoms with Crippen LogP contribution in [0.25, 0.3) is 11.2 Å². The lowest BCUT2D eigenvalue weighted by Crippen LogP contribution is -2.20. The highest BCUT2D eigenvalue weighted by Gasteiger charge is 2.26. The zero-order valence-electron chi connectivity index (χ0n) is 12.9. The van der Waals surface area contributed by atoms with Crippen molar-refractivity contribution in [2.75, 3.05) is 5.32 Å². The molecule has 118 valence electrons. The SMILES string of the molecule is Cn1ccc(NC(=O)c2nc3cccnc3n2C2CCCC2)n1. The molecule has 1 saturated carbocycles. The molecule has 1 fully saturated rings. The highest BCUT2D eigenvalue weighted by atomic mass is 16.2. The lowest BCUT2D eigenvalue weighted by Gasteiger charge is -2.15. The number of hydrogen-bond acceptors (Lipinski definition) is 4. The zero-order valence-corrected chi connectivity index (χ0v) is 12.9. The quantitative estimate of drug-likeness (QED) is 0.806. The number of anilines is 1. The van der Waals surface area contributed by atoms with Gasteiger partial charge in [0.1, 0.15) is 5.52 Å². The van der Waals surface area contributed by atoms with Crippen LogP contribution in [0.3, 0.4) is 0 Å². The average molecular weight is 310 g/mol. The van der Waals surface area contributed by atoms with E-state index in [-0.39, 0.29) is 5.91 Å². The first-order valence-corrected chi connectivity index (χ1v) is 7.86. The molecule has 1 aliphatic rings. The molecular formula is C16H18N6O. The second kappa shape index (κ2) is 5.49. The number of pyridine rings is 1. The first-order chi connectivity index (χ1) is 11.2. The van der Waals surface area contributed by atoms with Crippen molar-refractivity contribution >= 4 is 22.9 Å². The number of imidazole rings is 1. The summed E-state index contributed by atoms with van der Waals surface area (Å²) in [6.45, 7) is 0. The van der Waals surface area contributed by atoms with Crippen LogP contribution in [0.1, 0.15) is 42.3 Å². The minimum atomic E-state index is -0.242. The second-order valence-corrected chi connectivity index (χ2v) is 5.92. The van der Waals surface area contributed by atoms with Crippen LogP contribution in [-0.2, 0) is 7.05 Å². The smallest absolute Gasteiger partial charge is 0.292 e.